The van der Waals surface area contributed by atoms with Crippen LogP contribution in [-0.4, -0.2) is 118 Å². The SMILES string of the molecule is CC(=O)OC[C@H]1O[C@@H]([n+]2cc(CO[C@@H]3[C@H]4OC(C)(C)O[C@H]4O[C@@H]3[C@H](O)CO)n(C)n2)[C@H](OC(C)=O)[C@@H](OC(C)=O)[C@@H]1OC(C)=O. The van der Waals surface area contributed by atoms with Crippen LogP contribution in [0.3, 0.4) is 0 Å². The first-order chi connectivity index (χ1) is 21.1. The van der Waals surface area contributed by atoms with Gasteiger partial charge in [0.2, 0.25) is 6.10 Å². The van der Waals surface area contributed by atoms with E-state index in [1.807, 2.05) is 0 Å². The van der Waals surface area contributed by atoms with E-state index in [9.17, 15) is 29.4 Å². The molecule has 0 amide bonds. The van der Waals surface area contributed by atoms with Crippen molar-refractivity contribution in [1.29, 1.82) is 0 Å². The minimum absolute atomic E-state index is 0.0997. The normalized spacial score (nSPS) is 32.8. The highest BCUT2D eigenvalue weighted by atomic mass is 16.8. The highest BCUT2D eigenvalue weighted by Gasteiger charge is 2.58. The lowest BCUT2D eigenvalue weighted by Gasteiger charge is -2.42. The molecule has 45 heavy (non-hydrogen) atoms. The topological polar surface area (TPSA) is 214 Å². The van der Waals surface area contributed by atoms with Crippen LogP contribution in [0.15, 0.2) is 6.20 Å². The molecule has 3 saturated heterocycles. The quantitative estimate of drug-likeness (QED) is 0.152. The Kier molecular flexibility index (Phi) is 10.8. The number of esters is 4. The van der Waals surface area contributed by atoms with Gasteiger partial charge in [-0.25, -0.2) is 0 Å². The van der Waals surface area contributed by atoms with Gasteiger partial charge in [-0.05, 0) is 13.8 Å². The van der Waals surface area contributed by atoms with E-state index in [-0.39, 0.29) is 6.61 Å². The van der Waals surface area contributed by atoms with Gasteiger partial charge in [0.05, 0.1) is 11.8 Å². The Balaban J connectivity index is 1.63. The predicted molar refractivity (Wildman–Crippen MR) is 141 cm³/mol. The first-order valence-electron chi connectivity index (χ1n) is 14.3. The van der Waals surface area contributed by atoms with Crippen molar-refractivity contribution in [3.05, 3.63) is 11.9 Å². The molecule has 0 saturated carbocycles. The fraction of sp³-hybridized carbons (Fsp3) is 0.778. The van der Waals surface area contributed by atoms with Crippen molar-refractivity contribution in [2.45, 2.75) is 115 Å². The number of aromatic nitrogens is 3. The van der Waals surface area contributed by atoms with E-state index < -0.39 is 104 Å². The molecule has 0 aromatic carbocycles. The third-order valence-corrected chi connectivity index (χ3v) is 7.18. The van der Waals surface area contributed by atoms with Gasteiger partial charge in [0.1, 0.15) is 50.8 Å². The number of fused-ring (bicyclic) bond motifs is 1. The number of nitrogens with zero attached hydrogens (tertiary/aromatic N) is 3. The number of aliphatic hydroxyl groups is 2. The van der Waals surface area contributed by atoms with E-state index in [4.69, 9.17) is 42.6 Å². The molecule has 0 aliphatic carbocycles. The van der Waals surface area contributed by atoms with Gasteiger partial charge in [-0.2, -0.15) is 0 Å². The molecule has 2 N–H and O–H groups in total. The van der Waals surface area contributed by atoms with Gasteiger partial charge in [0.15, 0.2) is 36.2 Å². The summed E-state index contributed by atoms with van der Waals surface area (Å²) >= 11 is 0. The van der Waals surface area contributed by atoms with Crippen molar-refractivity contribution in [3.63, 3.8) is 0 Å². The highest BCUT2D eigenvalue weighted by Crippen LogP contribution is 2.40. The van der Waals surface area contributed by atoms with Crippen molar-refractivity contribution in [3.8, 4) is 0 Å². The molecule has 0 radical (unpaired) electrons. The van der Waals surface area contributed by atoms with Crippen molar-refractivity contribution >= 4 is 23.9 Å². The van der Waals surface area contributed by atoms with Crippen LogP contribution >= 0.6 is 0 Å². The number of ether oxygens (including phenoxy) is 9. The van der Waals surface area contributed by atoms with Crippen LogP contribution in [0.5, 0.6) is 0 Å². The van der Waals surface area contributed by atoms with Crippen molar-refractivity contribution in [1.82, 2.24) is 9.90 Å². The Morgan fingerprint density at radius 1 is 0.956 bits per heavy atom. The Bertz CT molecular complexity index is 1250. The summed E-state index contributed by atoms with van der Waals surface area (Å²) in [7, 11) is 1.60. The smallest absolute Gasteiger partial charge is 0.303 e. The first kappa shape index (κ1) is 34.6. The standard InChI is InChI=1S/C27H40N3O15/c1-12(32)37-11-18-20(39-13(2)33)22(40-14(3)34)23(41-15(4)35)25(42-18)30-8-16(29(7)28-30)10-38-21-19(17(36)9-31)43-26-24(21)44-27(5,6)45-26/h8,17-26,31,36H,9-11H2,1-7H3/q+1/t17-,18-,19-,20-,21+,22+,23-,24-,25-,26-/m1/s1. The molecule has 4 rings (SSSR count). The van der Waals surface area contributed by atoms with Crippen LogP contribution in [0, 0.1) is 0 Å². The summed E-state index contributed by atoms with van der Waals surface area (Å²) in [6, 6.07) is 0. The molecule has 3 aliphatic rings. The third kappa shape index (κ3) is 8.13. The summed E-state index contributed by atoms with van der Waals surface area (Å²) in [6.45, 7) is 6.92. The zero-order chi connectivity index (χ0) is 33.2. The Morgan fingerprint density at radius 2 is 1.58 bits per heavy atom. The van der Waals surface area contributed by atoms with E-state index in [0.717, 1.165) is 20.8 Å². The van der Waals surface area contributed by atoms with Gasteiger partial charge < -0.3 is 52.8 Å². The predicted octanol–water partition coefficient (Wildman–Crippen LogP) is -1.92. The number of hydrogen-bond acceptors (Lipinski definition) is 16. The second kappa shape index (κ2) is 14.0. The Labute approximate surface area is 258 Å². The van der Waals surface area contributed by atoms with Crippen LogP contribution in [0.1, 0.15) is 53.5 Å². The minimum Gasteiger partial charge on any atom is -0.463 e. The zero-order valence-electron chi connectivity index (χ0n) is 26.0. The number of carbonyl (C=O) groups is 4. The molecule has 0 spiro atoms. The van der Waals surface area contributed by atoms with Crippen LogP contribution in [0.4, 0.5) is 0 Å². The summed E-state index contributed by atoms with van der Waals surface area (Å²) < 4.78 is 54.1. The average molecular weight is 647 g/mol. The van der Waals surface area contributed by atoms with Crippen molar-refractivity contribution in [2.75, 3.05) is 13.2 Å². The van der Waals surface area contributed by atoms with Crippen LogP contribution < -0.4 is 4.68 Å². The lowest BCUT2D eigenvalue weighted by Crippen LogP contribution is -2.66. The van der Waals surface area contributed by atoms with Gasteiger partial charge >= 0.3 is 23.9 Å². The second-order valence-electron chi connectivity index (χ2n) is 11.3. The Morgan fingerprint density at radius 3 is 2.18 bits per heavy atom. The van der Waals surface area contributed by atoms with Gasteiger partial charge in [0, 0.05) is 27.7 Å². The molecule has 1 aromatic rings. The average Bonchev–Trinajstić information content (AvgIpc) is 3.56. The van der Waals surface area contributed by atoms with Crippen LogP contribution in [0.2, 0.25) is 0 Å². The van der Waals surface area contributed by atoms with Crippen LogP contribution in [-0.2, 0) is 75.5 Å². The first-order valence-corrected chi connectivity index (χ1v) is 14.3. The largest absolute Gasteiger partial charge is 0.463 e. The molecule has 0 unspecified atom stereocenters. The lowest BCUT2D eigenvalue weighted by atomic mass is 9.97. The Hall–Kier alpha value is -3.26. The van der Waals surface area contributed by atoms with Crippen molar-refractivity contribution < 1.29 is 76.7 Å². The molecule has 252 valence electrons. The molecule has 0 bridgehead atoms. The zero-order valence-corrected chi connectivity index (χ0v) is 26.0. The maximum Gasteiger partial charge on any atom is 0.303 e. The summed E-state index contributed by atoms with van der Waals surface area (Å²) in [5.41, 5.74) is 0.460. The maximum absolute atomic E-state index is 12.2. The van der Waals surface area contributed by atoms with E-state index in [0.29, 0.717) is 5.69 Å². The van der Waals surface area contributed by atoms with Gasteiger partial charge in [-0.1, -0.05) is 0 Å². The lowest BCUT2D eigenvalue weighted by molar-refractivity contribution is -0.825. The fourth-order valence-corrected chi connectivity index (χ4v) is 5.44. The van der Waals surface area contributed by atoms with E-state index in [1.165, 1.54) is 22.5 Å². The third-order valence-electron chi connectivity index (χ3n) is 7.18. The van der Waals surface area contributed by atoms with E-state index in [2.05, 4.69) is 5.21 Å². The maximum atomic E-state index is 12.2. The number of rotatable bonds is 11. The molecular weight excluding hydrogens is 606 g/mol. The molecule has 18 heteroatoms. The molecule has 1 aromatic heterocycles. The molecule has 10 atom stereocenters. The van der Waals surface area contributed by atoms with E-state index in [1.54, 1.807) is 20.9 Å². The van der Waals surface area contributed by atoms with Gasteiger partial charge in [0.25, 0.3) is 6.23 Å². The molecule has 3 fully saturated rings. The number of carbonyl (C=O) groups excluding carboxylic acids is 4. The monoisotopic (exact) mass is 646 g/mol. The minimum atomic E-state index is -1.38. The van der Waals surface area contributed by atoms with Gasteiger partial charge in [-0.15, -0.1) is 9.36 Å². The van der Waals surface area contributed by atoms with Gasteiger partial charge in [-0.3, -0.25) is 19.2 Å². The molecule has 3 aliphatic heterocycles. The summed E-state index contributed by atoms with van der Waals surface area (Å²) in [4.78, 5) is 48.0. The molecular formula is C27H40N3O15+. The fourth-order valence-electron chi connectivity index (χ4n) is 5.44. The summed E-state index contributed by atoms with van der Waals surface area (Å²) in [5.74, 6) is -3.87. The summed E-state index contributed by atoms with van der Waals surface area (Å²) in [6.07, 6.45) is -9.57. The number of aliphatic hydroxyl groups excluding tert-OH is 2. The second-order valence-corrected chi connectivity index (χ2v) is 11.3. The molecule has 4 heterocycles. The molecule has 18 nitrogen and oxygen atoms in total. The summed E-state index contributed by atoms with van der Waals surface area (Å²) in [5, 5.41) is 24.3. The highest BCUT2D eigenvalue weighted by molar-refractivity contribution is 5.68. The van der Waals surface area contributed by atoms with E-state index >= 15 is 0 Å². The number of aryl methyl sites for hydroxylation is 1. The number of hydrogen-bond donors (Lipinski definition) is 2. The van der Waals surface area contributed by atoms with Crippen molar-refractivity contribution in [2.24, 2.45) is 7.05 Å². The van der Waals surface area contributed by atoms with Crippen LogP contribution in [0.25, 0.3) is 0 Å².